The first-order valence-corrected chi connectivity index (χ1v) is 5.08. The summed E-state index contributed by atoms with van der Waals surface area (Å²) in [5.41, 5.74) is 0.642. The molecule has 0 bridgehead atoms. The van der Waals surface area contributed by atoms with Gasteiger partial charge in [-0.15, -0.1) is 11.3 Å². The lowest BCUT2D eigenvalue weighted by Crippen LogP contribution is -1.89. The van der Waals surface area contributed by atoms with Gasteiger partial charge in [-0.1, -0.05) is 11.6 Å². The molecule has 1 aromatic heterocycles. The highest BCUT2D eigenvalue weighted by Crippen LogP contribution is 2.31. The summed E-state index contributed by atoms with van der Waals surface area (Å²) in [6.45, 7) is 0. The largest absolute Gasteiger partial charge is 0.298 e. The van der Waals surface area contributed by atoms with Crippen molar-refractivity contribution >= 4 is 39.3 Å². The number of benzene rings is 1. The number of nitriles is 1. The quantitative estimate of drug-likeness (QED) is 0.694. The first-order chi connectivity index (χ1) is 6.77. The van der Waals surface area contributed by atoms with E-state index >= 15 is 0 Å². The van der Waals surface area contributed by atoms with Gasteiger partial charge in [-0.3, -0.25) is 4.79 Å². The Labute approximate surface area is 89.3 Å². The van der Waals surface area contributed by atoms with E-state index in [0.29, 0.717) is 16.9 Å². The number of fused-ring (bicyclic) bond motifs is 1. The highest BCUT2D eigenvalue weighted by molar-refractivity contribution is 7.17. The van der Waals surface area contributed by atoms with Gasteiger partial charge in [-0.05, 0) is 17.5 Å². The van der Waals surface area contributed by atoms with Crippen molar-refractivity contribution in [3.8, 4) is 6.07 Å². The van der Waals surface area contributed by atoms with Gasteiger partial charge in [0, 0.05) is 15.6 Å². The van der Waals surface area contributed by atoms with Crippen LogP contribution in [0.25, 0.3) is 10.1 Å². The molecule has 0 aliphatic heterocycles. The summed E-state index contributed by atoms with van der Waals surface area (Å²) >= 11 is 7.37. The van der Waals surface area contributed by atoms with Crippen molar-refractivity contribution in [2.45, 2.75) is 0 Å². The minimum Gasteiger partial charge on any atom is -0.298 e. The van der Waals surface area contributed by atoms with Crippen molar-refractivity contribution in [2.75, 3.05) is 0 Å². The van der Waals surface area contributed by atoms with Gasteiger partial charge in [0.1, 0.15) is 6.07 Å². The SMILES string of the molecule is N#Cc1c(Cl)cc2sccc2c1C=O. The summed E-state index contributed by atoms with van der Waals surface area (Å²) in [7, 11) is 0. The molecule has 0 radical (unpaired) electrons. The predicted molar refractivity (Wildman–Crippen MR) is 56.9 cm³/mol. The maximum Gasteiger partial charge on any atom is 0.152 e. The van der Waals surface area contributed by atoms with Crippen molar-refractivity contribution in [2.24, 2.45) is 0 Å². The molecule has 2 nitrogen and oxygen atoms in total. The number of carbonyl (C=O) groups is 1. The normalized spacial score (nSPS) is 10.0. The third-order valence-corrected chi connectivity index (χ3v) is 3.14. The van der Waals surface area contributed by atoms with Crippen LogP contribution in [-0.2, 0) is 0 Å². The smallest absolute Gasteiger partial charge is 0.152 e. The first kappa shape index (κ1) is 9.20. The molecule has 0 N–H and O–H groups in total. The van der Waals surface area contributed by atoms with E-state index in [9.17, 15) is 4.79 Å². The molecule has 0 saturated carbocycles. The Bertz CT molecular complexity index is 553. The number of halogens is 1. The van der Waals surface area contributed by atoms with Gasteiger partial charge in [0.15, 0.2) is 6.29 Å². The fourth-order valence-corrected chi connectivity index (χ4v) is 2.50. The number of rotatable bonds is 1. The van der Waals surface area contributed by atoms with Crippen LogP contribution in [0.4, 0.5) is 0 Å². The van der Waals surface area contributed by atoms with E-state index in [2.05, 4.69) is 0 Å². The maximum atomic E-state index is 10.8. The van der Waals surface area contributed by atoms with Crippen LogP contribution in [0.1, 0.15) is 15.9 Å². The summed E-state index contributed by atoms with van der Waals surface area (Å²) in [6, 6.07) is 5.47. The van der Waals surface area contributed by atoms with Crippen LogP contribution in [0.2, 0.25) is 5.02 Å². The van der Waals surface area contributed by atoms with Crippen molar-refractivity contribution in [1.29, 1.82) is 5.26 Å². The molecule has 0 spiro atoms. The lowest BCUT2D eigenvalue weighted by atomic mass is 10.1. The number of nitrogens with zero attached hydrogens (tertiary/aromatic N) is 1. The molecule has 4 heteroatoms. The minimum atomic E-state index is 0.257. The second-order valence-corrected chi connectivity index (χ2v) is 4.06. The van der Waals surface area contributed by atoms with Gasteiger partial charge in [-0.2, -0.15) is 5.26 Å². The zero-order valence-corrected chi connectivity index (χ0v) is 8.52. The first-order valence-electron chi connectivity index (χ1n) is 3.83. The standard InChI is InChI=1S/C10H4ClNOS/c11-9-3-10-6(1-2-14-10)8(5-13)7(9)4-12/h1-3,5H. The number of hydrogen-bond acceptors (Lipinski definition) is 3. The third kappa shape index (κ3) is 1.20. The maximum absolute atomic E-state index is 10.8. The molecule has 0 aliphatic rings. The molecular weight excluding hydrogens is 218 g/mol. The van der Waals surface area contributed by atoms with Crippen molar-refractivity contribution in [3.05, 3.63) is 33.7 Å². The molecule has 0 unspecified atom stereocenters. The molecule has 14 heavy (non-hydrogen) atoms. The lowest BCUT2D eigenvalue weighted by molar-refractivity contribution is 0.112. The van der Waals surface area contributed by atoms with Crippen LogP contribution in [0, 0.1) is 11.3 Å². The fraction of sp³-hybridized carbons (Fsp3) is 0. The molecule has 1 aromatic carbocycles. The monoisotopic (exact) mass is 221 g/mol. The lowest BCUT2D eigenvalue weighted by Gasteiger charge is -2.00. The van der Waals surface area contributed by atoms with Crippen LogP contribution >= 0.6 is 22.9 Å². The van der Waals surface area contributed by atoms with Crippen molar-refractivity contribution in [3.63, 3.8) is 0 Å². The number of thiophene rings is 1. The topological polar surface area (TPSA) is 40.9 Å². The van der Waals surface area contributed by atoms with E-state index in [1.807, 2.05) is 17.5 Å². The van der Waals surface area contributed by atoms with Gasteiger partial charge in [0.05, 0.1) is 10.6 Å². The van der Waals surface area contributed by atoms with E-state index in [0.717, 1.165) is 10.1 Å². The highest BCUT2D eigenvalue weighted by atomic mass is 35.5. The van der Waals surface area contributed by atoms with Crippen LogP contribution in [0.5, 0.6) is 0 Å². The number of hydrogen-bond donors (Lipinski definition) is 0. The Morgan fingerprint density at radius 3 is 3.00 bits per heavy atom. The van der Waals surface area contributed by atoms with E-state index in [-0.39, 0.29) is 5.56 Å². The Balaban J connectivity index is 2.98. The Morgan fingerprint density at radius 1 is 1.57 bits per heavy atom. The summed E-state index contributed by atoms with van der Waals surface area (Å²) in [5, 5.41) is 11.8. The molecule has 0 saturated heterocycles. The molecule has 0 amide bonds. The third-order valence-electron chi connectivity index (χ3n) is 1.98. The van der Waals surface area contributed by atoms with Crippen LogP contribution in [0.3, 0.4) is 0 Å². The minimum absolute atomic E-state index is 0.257. The van der Waals surface area contributed by atoms with Crippen LogP contribution in [0.15, 0.2) is 17.5 Å². The predicted octanol–water partition coefficient (Wildman–Crippen LogP) is 3.24. The van der Waals surface area contributed by atoms with Crippen LogP contribution in [-0.4, -0.2) is 6.29 Å². The molecule has 1 heterocycles. The molecule has 0 aliphatic carbocycles. The molecule has 2 rings (SSSR count). The average Bonchev–Trinajstić information content (AvgIpc) is 2.62. The fourth-order valence-electron chi connectivity index (χ4n) is 1.34. The van der Waals surface area contributed by atoms with Gasteiger partial charge < -0.3 is 0 Å². The Hall–Kier alpha value is -1.37. The summed E-state index contributed by atoms with van der Waals surface area (Å²) in [6.07, 6.45) is 0.680. The van der Waals surface area contributed by atoms with E-state index in [4.69, 9.17) is 16.9 Å². The second-order valence-electron chi connectivity index (χ2n) is 2.71. The Morgan fingerprint density at radius 2 is 2.36 bits per heavy atom. The van der Waals surface area contributed by atoms with E-state index < -0.39 is 0 Å². The number of carbonyl (C=O) groups excluding carboxylic acids is 1. The average molecular weight is 222 g/mol. The summed E-state index contributed by atoms with van der Waals surface area (Å²) in [5.74, 6) is 0. The van der Waals surface area contributed by atoms with Gasteiger partial charge in [0.2, 0.25) is 0 Å². The molecule has 2 aromatic rings. The summed E-state index contributed by atoms with van der Waals surface area (Å²) in [4.78, 5) is 10.8. The van der Waals surface area contributed by atoms with E-state index in [1.54, 1.807) is 6.07 Å². The Kier molecular flexibility index (Phi) is 2.24. The van der Waals surface area contributed by atoms with Crippen LogP contribution < -0.4 is 0 Å². The van der Waals surface area contributed by atoms with Crippen molar-refractivity contribution in [1.82, 2.24) is 0 Å². The second kappa shape index (κ2) is 3.41. The molecule has 0 atom stereocenters. The summed E-state index contributed by atoms with van der Waals surface area (Å²) < 4.78 is 0.927. The van der Waals surface area contributed by atoms with Crippen molar-refractivity contribution < 1.29 is 4.79 Å². The zero-order valence-electron chi connectivity index (χ0n) is 6.95. The molecule has 68 valence electrons. The molecule has 0 fully saturated rings. The van der Waals surface area contributed by atoms with Gasteiger partial charge >= 0.3 is 0 Å². The van der Waals surface area contributed by atoms with Gasteiger partial charge in [-0.25, -0.2) is 0 Å². The molecular formula is C10H4ClNOS. The number of aldehydes is 1. The van der Waals surface area contributed by atoms with Gasteiger partial charge in [0.25, 0.3) is 0 Å². The highest BCUT2D eigenvalue weighted by Gasteiger charge is 2.11. The zero-order chi connectivity index (χ0) is 10.1. The van der Waals surface area contributed by atoms with E-state index in [1.165, 1.54) is 11.3 Å².